The van der Waals surface area contributed by atoms with Gasteiger partial charge in [0.15, 0.2) is 0 Å². The zero-order valence-electron chi connectivity index (χ0n) is 15.1. The largest absolute Gasteiger partial charge is 0.610 e. The fraction of sp³-hybridized carbons (Fsp3) is 0.0526. The van der Waals surface area contributed by atoms with Crippen LogP contribution in [0.4, 0.5) is 21.6 Å². The molecule has 0 aliphatic carbocycles. The van der Waals surface area contributed by atoms with Crippen molar-refractivity contribution in [3.05, 3.63) is 66.1 Å². The minimum absolute atomic E-state index is 0.162. The SMILES string of the molecule is C=CC(=O)Nc1cc(Nc2cc(-c3cc(Cl)ccc3F)nnc2[S+](C)[O-])ccn1. The highest BCUT2D eigenvalue weighted by Crippen LogP contribution is 2.30. The van der Waals surface area contributed by atoms with E-state index in [1.807, 2.05) is 0 Å². The predicted molar refractivity (Wildman–Crippen MR) is 111 cm³/mol. The molecule has 0 bridgehead atoms. The third kappa shape index (κ3) is 5.08. The lowest BCUT2D eigenvalue weighted by molar-refractivity contribution is -0.111. The molecule has 7 nitrogen and oxygen atoms in total. The highest BCUT2D eigenvalue weighted by Gasteiger charge is 2.19. The number of halogens is 2. The number of carbonyl (C=O) groups excluding carboxylic acids is 1. The van der Waals surface area contributed by atoms with Gasteiger partial charge in [0.25, 0.3) is 5.03 Å². The van der Waals surface area contributed by atoms with Crippen molar-refractivity contribution < 1.29 is 13.7 Å². The van der Waals surface area contributed by atoms with E-state index in [0.717, 1.165) is 6.08 Å². The van der Waals surface area contributed by atoms with Crippen molar-refractivity contribution in [1.29, 1.82) is 0 Å². The first kappa shape index (κ1) is 20.7. The zero-order chi connectivity index (χ0) is 21.0. The monoisotopic (exact) mass is 431 g/mol. The third-order valence-corrected chi connectivity index (χ3v) is 4.79. The number of nitrogens with zero attached hydrogens (tertiary/aromatic N) is 3. The van der Waals surface area contributed by atoms with Crippen molar-refractivity contribution in [3.8, 4) is 11.3 Å². The van der Waals surface area contributed by atoms with Crippen LogP contribution in [0, 0.1) is 5.82 Å². The number of benzene rings is 1. The van der Waals surface area contributed by atoms with Gasteiger partial charge in [0.1, 0.15) is 23.6 Å². The minimum atomic E-state index is -1.46. The summed E-state index contributed by atoms with van der Waals surface area (Å²) in [6.07, 6.45) is 4.06. The molecule has 0 saturated carbocycles. The van der Waals surface area contributed by atoms with Gasteiger partial charge in [0.2, 0.25) is 5.91 Å². The van der Waals surface area contributed by atoms with E-state index in [-0.39, 0.29) is 16.3 Å². The van der Waals surface area contributed by atoms with Crippen LogP contribution >= 0.6 is 11.6 Å². The predicted octanol–water partition coefficient (Wildman–Crippen LogP) is 3.94. The highest BCUT2D eigenvalue weighted by atomic mass is 35.5. The Labute approximate surface area is 174 Å². The number of carbonyl (C=O) groups is 1. The average molecular weight is 432 g/mol. The molecule has 10 heteroatoms. The molecule has 2 heterocycles. The fourth-order valence-corrected chi connectivity index (χ4v) is 3.16. The molecule has 148 valence electrons. The van der Waals surface area contributed by atoms with Crippen LogP contribution in [0.15, 0.2) is 60.3 Å². The summed E-state index contributed by atoms with van der Waals surface area (Å²) < 4.78 is 26.3. The molecule has 1 amide bonds. The van der Waals surface area contributed by atoms with Gasteiger partial charge in [-0.1, -0.05) is 23.3 Å². The number of pyridine rings is 1. The standard InChI is InChI=1S/C19H15ClFN5O2S/c1-3-18(27)24-17-9-12(6-7-22-17)23-16-10-15(25-26-19(16)29(2)28)13-8-11(20)4-5-14(13)21/h3-10H,1H2,2H3,(H2,22,23,24,25,27). The molecule has 0 fully saturated rings. The Morgan fingerprint density at radius 1 is 1.28 bits per heavy atom. The van der Waals surface area contributed by atoms with E-state index in [0.29, 0.717) is 22.2 Å². The Kier molecular flexibility index (Phi) is 6.42. The van der Waals surface area contributed by atoms with Crippen LogP contribution in [0.25, 0.3) is 11.3 Å². The van der Waals surface area contributed by atoms with E-state index < -0.39 is 22.9 Å². The van der Waals surface area contributed by atoms with Gasteiger partial charge in [0.05, 0.1) is 5.69 Å². The quantitative estimate of drug-likeness (QED) is 0.452. The van der Waals surface area contributed by atoms with Crippen LogP contribution in [0.5, 0.6) is 0 Å². The van der Waals surface area contributed by atoms with Gasteiger partial charge in [-0.25, -0.2) is 9.37 Å². The van der Waals surface area contributed by atoms with Crippen LogP contribution in [-0.2, 0) is 16.0 Å². The van der Waals surface area contributed by atoms with E-state index in [4.69, 9.17) is 11.6 Å². The molecule has 0 aliphatic heterocycles. The number of hydrogen-bond acceptors (Lipinski definition) is 6. The number of nitrogens with one attached hydrogen (secondary N) is 2. The van der Waals surface area contributed by atoms with Crippen molar-refractivity contribution >= 4 is 45.9 Å². The lowest BCUT2D eigenvalue weighted by Crippen LogP contribution is -2.10. The molecular formula is C19H15ClFN5O2S. The Morgan fingerprint density at radius 2 is 2.07 bits per heavy atom. The normalized spacial score (nSPS) is 11.6. The fourth-order valence-electron chi connectivity index (χ4n) is 2.42. The maximum Gasteiger partial charge on any atom is 0.286 e. The maximum absolute atomic E-state index is 14.2. The van der Waals surface area contributed by atoms with E-state index in [1.165, 1.54) is 36.7 Å². The summed E-state index contributed by atoms with van der Waals surface area (Å²) in [7, 11) is 0. The summed E-state index contributed by atoms with van der Waals surface area (Å²) in [5, 5.41) is 14.1. The number of hydrogen-bond donors (Lipinski definition) is 2. The number of anilines is 3. The molecule has 0 radical (unpaired) electrons. The Morgan fingerprint density at radius 3 is 2.79 bits per heavy atom. The molecule has 3 rings (SSSR count). The second-order valence-corrected chi connectivity index (χ2v) is 7.51. The highest BCUT2D eigenvalue weighted by molar-refractivity contribution is 7.90. The minimum Gasteiger partial charge on any atom is -0.610 e. The number of aromatic nitrogens is 3. The average Bonchev–Trinajstić information content (AvgIpc) is 2.69. The molecule has 1 atom stereocenters. The second kappa shape index (κ2) is 8.99. The van der Waals surface area contributed by atoms with Crippen molar-refractivity contribution in [1.82, 2.24) is 15.2 Å². The Bertz CT molecular complexity index is 1080. The van der Waals surface area contributed by atoms with Crippen LogP contribution in [0.1, 0.15) is 0 Å². The lowest BCUT2D eigenvalue weighted by atomic mass is 10.1. The number of rotatable bonds is 6. The van der Waals surface area contributed by atoms with E-state index in [2.05, 4.69) is 32.4 Å². The van der Waals surface area contributed by atoms with E-state index >= 15 is 0 Å². The van der Waals surface area contributed by atoms with Gasteiger partial charge in [-0.05, 0) is 36.4 Å². The van der Waals surface area contributed by atoms with Crippen molar-refractivity contribution in [2.24, 2.45) is 0 Å². The molecule has 29 heavy (non-hydrogen) atoms. The smallest absolute Gasteiger partial charge is 0.286 e. The van der Waals surface area contributed by atoms with Crippen molar-refractivity contribution in [2.45, 2.75) is 5.03 Å². The Balaban J connectivity index is 1.99. The van der Waals surface area contributed by atoms with Gasteiger partial charge in [0, 0.05) is 39.7 Å². The summed E-state index contributed by atoms with van der Waals surface area (Å²) in [5.41, 5.74) is 1.28. The first-order chi connectivity index (χ1) is 13.9. The molecule has 2 N–H and O–H groups in total. The number of amides is 1. The molecule has 2 aromatic heterocycles. The van der Waals surface area contributed by atoms with E-state index in [9.17, 15) is 13.7 Å². The van der Waals surface area contributed by atoms with Crippen LogP contribution in [0.2, 0.25) is 5.02 Å². The topological polar surface area (TPSA) is 103 Å². The summed E-state index contributed by atoms with van der Waals surface area (Å²) in [6.45, 7) is 3.39. The zero-order valence-corrected chi connectivity index (χ0v) is 16.7. The second-order valence-electron chi connectivity index (χ2n) is 5.77. The van der Waals surface area contributed by atoms with Gasteiger partial charge < -0.3 is 15.2 Å². The molecule has 0 saturated heterocycles. The van der Waals surface area contributed by atoms with Crippen LogP contribution in [-0.4, -0.2) is 31.9 Å². The molecule has 1 unspecified atom stereocenters. The van der Waals surface area contributed by atoms with Gasteiger partial charge in [-0.2, -0.15) is 0 Å². The van der Waals surface area contributed by atoms with Crippen LogP contribution in [0.3, 0.4) is 0 Å². The van der Waals surface area contributed by atoms with Gasteiger partial charge in [-0.3, -0.25) is 4.79 Å². The van der Waals surface area contributed by atoms with Gasteiger partial charge >= 0.3 is 0 Å². The lowest BCUT2D eigenvalue weighted by Gasteiger charge is -2.13. The molecule has 3 aromatic rings. The summed E-state index contributed by atoms with van der Waals surface area (Å²) >= 11 is 4.50. The van der Waals surface area contributed by atoms with Gasteiger partial charge in [-0.15, -0.1) is 5.10 Å². The van der Waals surface area contributed by atoms with Crippen molar-refractivity contribution in [2.75, 3.05) is 16.9 Å². The first-order valence-electron chi connectivity index (χ1n) is 8.20. The van der Waals surface area contributed by atoms with Crippen LogP contribution < -0.4 is 10.6 Å². The summed E-state index contributed by atoms with van der Waals surface area (Å²) in [5.74, 6) is -0.630. The Hall–Kier alpha value is -3.01. The third-order valence-electron chi connectivity index (χ3n) is 3.71. The summed E-state index contributed by atoms with van der Waals surface area (Å²) in [6, 6.07) is 8.84. The summed E-state index contributed by atoms with van der Waals surface area (Å²) in [4.78, 5) is 15.5. The maximum atomic E-state index is 14.2. The molecule has 0 spiro atoms. The van der Waals surface area contributed by atoms with Crippen molar-refractivity contribution in [3.63, 3.8) is 0 Å². The van der Waals surface area contributed by atoms with E-state index in [1.54, 1.807) is 12.1 Å². The molecular weight excluding hydrogens is 417 g/mol. The molecule has 0 aliphatic rings. The first-order valence-corrected chi connectivity index (χ1v) is 10.1. The molecule has 1 aromatic carbocycles.